The number of hydrogen-bond donors (Lipinski definition) is 0. The fourth-order valence-electron chi connectivity index (χ4n) is 2.80. The Kier molecular flexibility index (Phi) is 5.39. The highest BCUT2D eigenvalue weighted by atomic mass is 16.2. The van der Waals surface area contributed by atoms with Gasteiger partial charge in [-0.25, -0.2) is 0 Å². The van der Waals surface area contributed by atoms with E-state index in [9.17, 15) is 4.79 Å². The molecule has 2 heteroatoms. The first-order chi connectivity index (χ1) is 8.71. The molecule has 0 saturated heterocycles. The maximum absolute atomic E-state index is 11.7. The molecule has 0 aromatic heterocycles. The van der Waals surface area contributed by atoms with E-state index < -0.39 is 0 Å². The van der Waals surface area contributed by atoms with Crippen LogP contribution in [0.1, 0.15) is 54.4 Å². The summed E-state index contributed by atoms with van der Waals surface area (Å²) in [6, 6.07) is 0. The Morgan fingerprint density at radius 2 is 2.11 bits per heavy atom. The molecular weight excluding hydrogens is 234 g/mol. The van der Waals surface area contributed by atoms with Crippen LogP contribution in [-0.4, -0.2) is 22.9 Å². The lowest BCUT2D eigenvalue weighted by Crippen LogP contribution is -2.44. The van der Waals surface area contributed by atoms with E-state index in [1.165, 1.54) is 18.4 Å². The highest BCUT2D eigenvalue weighted by Crippen LogP contribution is 2.29. The van der Waals surface area contributed by atoms with Crippen molar-refractivity contribution in [2.75, 3.05) is 6.54 Å². The van der Waals surface area contributed by atoms with Crippen LogP contribution in [0.3, 0.4) is 0 Å². The van der Waals surface area contributed by atoms with Crippen LogP contribution in [0.15, 0.2) is 23.8 Å². The molecule has 0 saturated carbocycles. The van der Waals surface area contributed by atoms with Gasteiger partial charge in [0.15, 0.2) is 0 Å². The van der Waals surface area contributed by atoms with E-state index in [1.54, 1.807) is 6.92 Å². The first-order valence-corrected chi connectivity index (χ1v) is 7.34. The van der Waals surface area contributed by atoms with Crippen molar-refractivity contribution >= 4 is 5.91 Å². The molecule has 1 aliphatic carbocycles. The number of carbonyl (C=O) groups is 1. The molecule has 1 aliphatic rings. The molecule has 0 bridgehead atoms. The summed E-state index contributed by atoms with van der Waals surface area (Å²) >= 11 is 0. The third-order valence-corrected chi connectivity index (χ3v) is 3.96. The first-order valence-electron chi connectivity index (χ1n) is 7.34. The average molecular weight is 263 g/mol. The van der Waals surface area contributed by atoms with E-state index in [-0.39, 0.29) is 11.4 Å². The van der Waals surface area contributed by atoms with E-state index in [1.807, 2.05) is 4.90 Å². The van der Waals surface area contributed by atoms with Gasteiger partial charge < -0.3 is 4.90 Å². The minimum atomic E-state index is -0.106. The van der Waals surface area contributed by atoms with Crippen molar-refractivity contribution in [2.45, 2.75) is 59.9 Å². The maximum Gasteiger partial charge on any atom is 0.220 e. The van der Waals surface area contributed by atoms with Gasteiger partial charge in [0.25, 0.3) is 0 Å². The summed E-state index contributed by atoms with van der Waals surface area (Å²) < 4.78 is 0. The Bertz CT molecular complexity index is 373. The summed E-state index contributed by atoms with van der Waals surface area (Å²) in [4.78, 5) is 13.6. The minimum absolute atomic E-state index is 0.106. The summed E-state index contributed by atoms with van der Waals surface area (Å²) in [6.07, 6.45) is 9.28. The first kappa shape index (κ1) is 16.0. The number of hydrogen-bond acceptors (Lipinski definition) is 1. The summed E-state index contributed by atoms with van der Waals surface area (Å²) in [7, 11) is 0. The predicted octanol–water partition coefficient (Wildman–Crippen LogP) is 4.18. The van der Waals surface area contributed by atoms with Gasteiger partial charge in [-0.15, -0.1) is 0 Å². The largest absolute Gasteiger partial charge is 0.334 e. The zero-order valence-corrected chi connectivity index (χ0v) is 13.4. The van der Waals surface area contributed by atoms with Crippen LogP contribution >= 0.6 is 0 Å². The second-order valence-electron chi connectivity index (χ2n) is 6.80. The molecule has 0 N–H and O–H groups in total. The van der Waals surface area contributed by atoms with Crippen molar-refractivity contribution in [3.05, 3.63) is 23.8 Å². The molecule has 0 aromatic rings. The fraction of sp³-hybridized carbons (Fsp3) is 0.706. The quantitative estimate of drug-likeness (QED) is 0.699. The summed E-state index contributed by atoms with van der Waals surface area (Å²) in [6.45, 7) is 13.1. The molecular formula is C17H29NO. The number of nitrogens with zero attached hydrogens (tertiary/aromatic N) is 1. The van der Waals surface area contributed by atoms with E-state index in [0.717, 1.165) is 0 Å². The average Bonchev–Trinajstić information content (AvgIpc) is 2.24. The lowest BCUT2D eigenvalue weighted by Gasteiger charge is -2.34. The Hall–Kier alpha value is -1.05. The predicted molar refractivity (Wildman–Crippen MR) is 81.9 cm³/mol. The van der Waals surface area contributed by atoms with Gasteiger partial charge in [-0.1, -0.05) is 30.7 Å². The Balaban J connectivity index is 2.60. The molecule has 1 amide bonds. The molecule has 1 rings (SSSR count). The van der Waals surface area contributed by atoms with Crippen LogP contribution in [0.25, 0.3) is 0 Å². The van der Waals surface area contributed by atoms with Crippen molar-refractivity contribution in [2.24, 2.45) is 11.8 Å². The minimum Gasteiger partial charge on any atom is -0.334 e. The Morgan fingerprint density at radius 3 is 2.58 bits per heavy atom. The lowest BCUT2D eigenvalue weighted by atomic mass is 9.82. The molecule has 2 atom stereocenters. The molecule has 0 heterocycles. The van der Waals surface area contributed by atoms with Crippen LogP contribution in [0.2, 0.25) is 0 Å². The van der Waals surface area contributed by atoms with Crippen molar-refractivity contribution in [1.29, 1.82) is 0 Å². The molecule has 108 valence electrons. The lowest BCUT2D eigenvalue weighted by molar-refractivity contribution is -0.132. The van der Waals surface area contributed by atoms with Gasteiger partial charge in [0, 0.05) is 19.0 Å². The third-order valence-electron chi connectivity index (χ3n) is 3.96. The van der Waals surface area contributed by atoms with Gasteiger partial charge in [-0.05, 0) is 52.4 Å². The van der Waals surface area contributed by atoms with Gasteiger partial charge in [0.05, 0.1) is 0 Å². The second kappa shape index (κ2) is 6.40. The van der Waals surface area contributed by atoms with E-state index in [0.29, 0.717) is 18.4 Å². The Labute approximate surface area is 118 Å². The van der Waals surface area contributed by atoms with Crippen molar-refractivity contribution in [1.82, 2.24) is 4.90 Å². The van der Waals surface area contributed by atoms with Gasteiger partial charge in [-0.3, -0.25) is 4.79 Å². The standard InChI is InChI=1S/C17H29NO/c1-13-9-10-16(14(2)12-13)8-7-11-18(15(3)19)17(4,5)6/h7-8,12,14,16H,9-11H2,1-6H3/b8-7-. The van der Waals surface area contributed by atoms with Gasteiger partial charge in [0.2, 0.25) is 5.91 Å². The summed E-state index contributed by atoms with van der Waals surface area (Å²) in [5.74, 6) is 1.38. The Morgan fingerprint density at radius 1 is 1.47 bits per heavy atom. The fourth-order valence-corrected chi connectivity index (χ4v) is 2.80. The summed E-state index contributed by atoms with van der Waals surface area (Å²) in [5, 5.41) is 0. The number of allylic oxidation sites excluding steroid dienone is 3. The molecule has 0 aliphatic heterocycles. The van der Waals surface area contributed by atoms with Crippen LogP contribution in [-0.2, 0) is 4.79 Å². The van der Waals surface area contributed by atoms with Crippen LogP contribution < -0.4 is 0 Å². The number of rotatable bonds is 3. The van der Waals surface area contributed by atoms with E-state index >= 15 is 0 Å². The molecule has 0 aromatic carbocycles. The molecule has 2 unspecified atom stereocenters. The van der Waals surface area contributed by atoms with Crippen LogP contribution in [0.4, 0.5) is 0 Å². The number of amides is 1. The van der Waals surface area contributed by atoms with Gasteiger partial charge in [0.1, 0.15) is 0 Å². The number of carbonyl (C=O) groups excluding carboxylic acids is 1. The topological polar surface area (TPSA) is 20.3 Å². The van der Waals surface area contributed by atoms with Gasteiger partial charge in [-0.2, -0.15) is 0 Å². The highest BCUT2D eigenvalue weighted by Gasteiger charge is 2.22. The van der Waals surface area contributed by atoms with Gasteiger partial charge >= 0.3 is 0 Å². The second-order valence-corrected chi connectivity index (χ2v) is 6.80. The zero-order valence-electron chi connectivity index (χ0n) is 13.4. The van der Waals surface area contributed by atoms with Crippen LogP contribution in [0.5, 0.6) is 0 Å². The maximum atomic E-state index is 11.7. The highest BCUT2D eigenvalue weighted by molar-refractivity contribution is 5.74. The summed E-state index contributed by atoms with van der Waals surface area (Å²) in [5.41, 5.74) is 1.40. The van der Waals surface area contributed by atoms with Crippen molar-refractivity contribution in [3.8, 4) is 0 Å². The molecule has 19 heavy (non-hydrogen) atoms. The smallest absolute Gasteiger partial charge is 0.220 e. The van der Waals surface area contributed by atoms with E-state index in [2.05, 4.69) is 52.8 Å². The van der Waals surface area contributed by atoms with E-state index in [4.69, 9.17) is 0 Å². The van der Waals surface area contributed by atoms with Crippen molar-refractivity contribution in [3.63, 3.8) is 0 Å². The molecule has 0 fully saturated rings. The molecule has 0 spiro atoms. The normalized spacial score (nSPS) is 24.4. The third kappa shape index (κ3) is 4.85. The zero-order chi connectivity index (χ0) is 14.6. The SMILES string of the molecule is CC(=O)N(C/C=C\C1CCC(C)=CC1C)C(C)(C)C. The molecule has 0 radical (unpaired) electrons. The molecule has 2 nitrogen and oxygen atoms in total. The van der Waals surface area contributed by atoms with Crippen molar-refractivity contribution < 1.29 is 4.79 Å². The van der Waals surface area contributed by atoms with Crippen LogP contribution in [0, 0.1) is 11.8 Å². The monoisotopic (exact) mass is 263 g/mol.